The predicted octanol–water partition coefficient (Wildman–Crippen LogP) is 4.47. The Morgan fingerprint density at radius 2 is 1.50 bits per heavy atom. The van der Waals surface area contributed by atoms with Gasteiger partial charge in [0.25, 0.3) is 0 Å². The van der Waals surface area contributed by atoms with Gasteiger partial charge in [-0.25, -0.2) is 0 Å². The van der Waals surface area contributed by atoms with Gasteiger partial charge in [0.15, 0.2) is 0 Å². The minimum Gasteiger partial charge on any atom is -0.126 e. The first kappa shape index (κ1) is 12.3. The van der Waals surface area contributed by atoms with Crippen LogP contribution in [0.5, 0.6) is 0 Å². The molecule has 0 spiro atoms. The fraction of sp³-hybridized carbons (Fsp3) is 1.00. The van der Waals surface area contributed by atoms with Crippen LogP contribution >= 0.6 is 11.6 Å². The Hall–Kier alpha value is 0.290. The maximum absolute atomic E-state index is 5.90. The molecule has 0 aromatic heterocycles. The smallest absolute Gasteiger partial charge is 0.0274 e. The fourth-order valence-electron chi connectivity index (χ4n) is 2.11. The largest absolute Gasteiger partial charge is 0.126 e. The lowest BCUT2D eigenvalue weighted by atomic mass is 9.74. The molecular weight excluding hydrogens is 168 g/mol. The number of hydrogen-bond acceptors (Lipinski definition) is 0. The van der Waals surface area contributed by atoms with E-state index < -0.39 is 0 Å². The van der Waals surface area contributed by atoms with E-state index in [4.69, 9.17) is 11.6 Å². The SMILES string of the molecule is CCCC(C)(C)CC(C)(C)CCl. The second-order valence-electron chi connectivity index (χ2n) is 5.39. The minimum atomic E-state index is 0.292. The lowest BCUT2D eigenvalue weighted by molar-refractivity contribution is 0.200. The zero-order valence-electron chi connectivity index (χ0n) is 9.21. The third-order valence-electron chi connectivity index (χ3n) is 2.25. The van der Waals surface area contributed by atoms with Crippen LogP contribution in [0.4, 0.5) is 0 Å². The molecule has 0 saturated heterocycles. The molecule has 0 rings (SSSR count). The van der Waals surface area contributed by atoms with Crippen LogP contribution < -0.4 is 0 Å². The average molecular weight is 191 g/mol. The van der Waals surface area contributed by atoms with E-state index in [0.29, 0.717) is 10.8 Å². The summed E-state index contributed by atoms with van der Waals surface area (Å²) in [4.78, 5) is 0. The van der Waals surface area contributed by atoms with Crippen molar-refractivity contribution in [1.82, 2.24) is 0 Å². The van der Waals surface area contributed by atoms with Crippen molar-refractivity contribution in [3.63, 3.8) is 0 Å². The summed E-state index contributed by atoms with van der Waals surface area (Å²) in [6.45, 7) is 11.4. The highest BCUT2D eigenvalue weighted by Crippen LogP contribution is 2.37. The Morgan fingerprint density at radius 1 is 1.00 bits per heavy atom. The summed E-state index contributed by atoms with van der Waals surface area (Å²) >= 11 is 5.90. The molecule has 0 aliphatic carbocycles. The number of hydrogen-bond donors (Lipinski definition) is 0. The third kappa shape index (κ3) is 5.03. The van der Waals surface area contributed by atoms with E-state index in [0.717, 1.165) is 5.88 Å². The van der Waals surface area contributed by atoms with Crippen LogP contribution in [-0.2, 0) is 0 Å². The summed E-state index contributed by atoms with van der Waals surface area (Å²) in [6.07, 6.45) is 3.79. The van der Waals surface area contributed by atoms with Gasteiger partial charge in [-0.3, -0.25) is 0 Å². The zero-order chi connectivity index (χ0) is 9.83. The van der Waals surface area contributed by atoms with E-state index in [2.05, 4.69) is 34.6 Å². The van der Waals surface area contributed by atoms with Gasteiger partial charge in [-0.05, 0) is 23.7 Å². The lowest BCUT2D eigenvalue weighted by Gasteiger charge is -2.33. The van der Waals surface area contributed by atoms with Gasteiger partial charge >= 0.3 is 0 Å². The van der Waals surface area contributed by atoms with Crippen LogP contribution in [0.3, 0.4) is 0 Å². The molecule has 0 radical (unpaired) electrons. The van der Waals surface area contributed by atoms with Crippen LogP contribution in [0.15, 0.2) is 0 Å². The third-order valence-corrected chi connectivity index (χ3v) is 2.97. The molecule has 0 aromatic carbocycles. The van der Waals surface area contributed by atoms with Gasteiger partial charge in [-0.2, -0.15) is 0 Å². The molecule has 0 amide bonds. The summed E-state index contributed by atoms with van der Waals surface area (Å²) in [5.41, 5.74) is 0.743. The molecule has 0 unspecified atom stereocenters. The second-order valence-corrected chi connectivity index (χ2v) is 5.66. The van der Waals surface area contributed by atoms with Crippen LogP contribution in [0.25, 0.3) is 0 Å². The molecule has 0 bridgehead atoms. The first-order valence-electron chi connectivity index (χ1n) is 4.89. The summed E-state index contributed by atoms with van der Waals surface area (Å²) in [6, 6.07) is 0. The Bertz CT molecular complexity index is 125. The molecule has 0 aliphatic rings. The summed E-state index contributed by atoms with van der Waals surface area (Å²) in [7, 11) is 0. The van der Waals surface area contributed by atoms with E-state index >= 15 is 0 Å². The highest BCUT2D eigenvalue weighted by Gasteiger charge is 2.27. The van der Waals surface area contributed by atoms with E-state index in [9.17, 15) is 0 Å². The Balaban J connectivity index is 4.04. The van der Waals surface area contributed by atoms with E-state index in [1.807, 2.05) is 0 Å². The zero-order valence-corrected chi connectivity index (χ0v) is 9.96. The molecule has 0 aliphatic heterocycles. The normalized spacial score (nSPS) is 13.5. The van der Waals surface area contributed by atoms with Crippen molar-refractivity contribution in [2.75, 3.05) is 5.88 Å². The van der Waals surface area contributed by atoms with Gasteiger partial charge in [0.2, 0.25) is 0 Å². The standard InChI is InChI=1S/C11H23Cl/c1-6-7-10(2,3)8-11(4,5)9-12/h6-9H2,1-5H3. The topological polar surface area (TPSA) is 0 Å². The quantitative estimate of drug-likeness (QED) is 0.562. The highest BCUT2D eigenvalue weighted by atomic mass is 35.5. The van der Waals surface area contributed by atoms with Gasteiger partial charge in [0.05, 0.1) is 0 Å². The van der Waals surface area contributed by atoms with Crippen LogP contribution in [-0.4, -0.2) is 5.88 Å². The molecule has 0 fully saturated rings. The van der Waals surface area contributed by atoms with Gasteiger partial charge in [0, 0.05) is 5.88 Å². The van der Waals surface area contributed by atoms with E-state index in [1.54, 1.807) is 0 Å². The Kier molecular flexibility index (Phi) is 4.61. The summed E-state index contributed by atoms with van der Waals surface area (Å²) in [5.74, 6) is 0.764. The van der Waals surface area contributed by atoms with E-state index in [-0.39, 0.29) is 0 Å². The molecule has 1 heteroatoms. The predicted molar refractivity (Wildman–Crippen MR) is 57.8 cm³/mol. The van der Waals surface area contributed by atoms with Crippen LogP contribution in [0.2, 0.25) is 0 Å². The summed E-state index contributed by atoms with van der Waals surface area (Å²) in [5, 5.41) is 0. The summed E-state index contributed by atoms with van der Waals surface area (Å²) < 4.78 is 0. The van der Waals surface area contributed by atoms with Crippen molar-refractivity contribution in [1.29, 1.82) is 0 Å². The number of halogens is 1. The van der Waals surface area contributed by atoms with Crippen molar-refractivity contribution in [2.24, 2.45) is 10.8 Å². The van der Waals surface area contributed by atoms with Crippen molar-refractivity contribution in [2.45, 2.75) is 53.9 Å². The fourth-order valence-corrected chi connectivity index (χ4v) is 2.20. The minimum absolute atomic E-state index is 0.292. The van der Waals surface area contributed by atoms with Crippen molar-refractivity contribution in [3.8, 4) is 0 Å². The molecule has 0 aromatic rings. The van der Waals surface area contributed by atoms with Gasteiger partial charge in [-0.15, -0.1) is 11.6 Å². The lowest BCUT2D eigenvalue weighted by Crippen LogP contribution is -2.24. The Labute approximate surface area is 82.7 Å². The highest BCUT2D eigenvalue weighted by molar-refractivity contribution is 6.18. The van der Waals surface area contributed by atoms with Crippen LogP contribution in [0.1, 0.15) is 53.9 Å². The maximum atomic E-state index is 5.90. The molecule has 0 nitrogen and oxygen atoms in total. The molecule has 0 heterocycles. The monoisotopic (exact) mass is 190 g/mol. The first-order valence-corrected chi connectivity index (χ1v) is 5.42. The van der Waals surface area contributed by atoms with Crippen LogP contribution in [0, 0.1) is 10.8 Å². The van der Waals surface area contributed by atoms with Crippen molar-refractivity contribution in [3.05, 3.63) is 0 Å². The number of rotatable bonds is 5. The first-order chi connectivity index (χ1) is 5.33. The van der Waals surface area contributed by atoms with E-state index in [1.165, 1.54) is 19.3 Å². The second kappa shape index (κ2) is 4.50. The van der Waals surface area contributed by atoms with Gasteiger partial charge < -0.3 is 0 Å². The number of alkyl halides is 1. The van der Waals surface area contributed by atoms with Crippen molar-refractivity contribution < 1.29 is 0 Å². The molecule has 12 heavy (non-hydrogen) atoms. The van der Waals surface area contributed by atoms with Gasteiger partial charge in [0.1, 0.15) is 0 Å². The molecule has 0 saturated carbocycles. The molecule has 74 valence electrons. The molecule has 0 N–H and O–H groups in total. The van der Waals surface area contributed by atoms with Crippen molar-refractivity contribution >= 4 is 11.6 Å². The average Bonchev–Trinajstić information content (AvgIpc) is 1.85. The molecule has 0 atom stereocenters. The van der Waals surface area contributed by atoms with Gasteiger partial charge in [-0.1, -0.05) is 41.0 Å². The Morgan fingerprint density at radius 3 is 1.83 bits per heavy atom. The maximum Gasteiger partial charge on any atom is 0.0274 e. The molecular formula is C11H23Cl.